The van der Waals surface area contributed by atoms with Crippen molar-refractivity contribution in [1.29, 1.82) is 0 Å². The Morgan fingerprint density at radius 2 is 1.90 bits per heavy atom. The van der Waals surface area contributed by atoms with Crippen LogP contribution in [-0.2, 0) is 17.6 Å². The third-order valence-electron chi connectivity index (χ3n) is 5.93. The molecule has 4 nitrogen and oxygen atoms in total. The van der Waals surface area contributed by atoms with Crippen LogP contribution in [0, 0.1) is 0 Å². The maximum Gasteiger partial charge on any atom is 0.256 e. The number of halogens is 2. The van der Waals surface area contributed by atoms with E-state index in [1.807, 2.05) is 36.4 Å². The number of aryl methyl sites for hydroxylation is 1. The Labute approximate surface area is 198 Å². The van der Waals surface area contributed by atoms with Gasteiger partial charge in [0.15, 0.2) is 0 Å². The number of hydrogen-bond donors (Lipinski definition) is 2. The van der Waals surface area contributed by atoms with Crippen molar-refractivity contribution in [2.45, 2.75) is 38.6 Å². The first-order chi connectivity index (χ1) is 15.0. The Hall–Kier alpha value is -2.31. The van der Waals surface area contributed by atoms with E-state index in [2.05, 4.69) is 61.5 Å². The van der Waals surface area contributed by atoms with Crippen molar-refractivity contribution in [3.63, 3.8) is 0 Å². The molecule has 1 atom stereocenters. The Morgan fingerprint density at radius 1 is 1.13 bits per heavy atom. The third kappa shape index (κ3) is 3.87. The van der Waals surface area contributed by atoms with E-state index >= 15 is 0 Å². The van der Waals surface area contributed by atoms with Crippen LogP contribution in [0.4, 0.5) is 11.4 Å². The zero-order chi connectivity index (χ0) is 21.5. The normalized spacial score (nSPS) is 17.3. The summed E-state index contributed by atoms with van der Waals surface area (Å²) in [6.45, 7) is 2.16. The number of benzene rings is 2. The highest BCUT2D eigenvalue weighted by Crippen LogP contribution is 2.42. The van der Waals surface area contributed by atoms with Crippen LogP contribution in [0.3, 0.4) is 0 Å². The fraction of sp³-hybridized carbons (Fsp3) is 0.240. The molecule has 2 aliphatic rings. The summed E-state index contributed by atoms with van der Waals surface area (Å²) in [6, 6.07) is 14.2. The molecule has 1 amide bonds. The number of carbonyl (C=O) groups is 1. The van der Waals surface area contributed by atoms with Gasteiger partial charge in [0.2, 0.25) is 0 Å². The van der Waals surface area contributed by atoms with Crippen LogP contribution in [0.1, 0.15) is 54.0 Å². The molecule has 1 aromatic heterocycles. The topological polar surface area (TPSA) is 54.3 Å². The number of para-hydroxylation sites is 1. The highest BCUT2D eigenvalue weighted by molar-refractivity contribution is 9.11. The average molecular weight is 542 g/mol. The first kappa shape index (κ1) is 20.6. The van der Waals surface area contributed by atoms with E-state index in [9.17, 15) is 4.79 Å². The molecule has 2 heterocycles. The Morgan fingerprint density at radius 3 is 2.71 bits per heavy atom. The highest BCUT2D eigenvalue weighted by Gasteiger charge is 2.30. The summed E-state index contributed by atoms with van der Waals surface area (Å²) in [4.78, 5) is 12.8. The summed E-state index contributed by atoms with van der Waals surface area (Å²) in [5, 5.41) is 6.58. The van der Waals surface area contributed by atoms with Crippen molar-refractivity contribution in [3.05, 3.63) is 79.6 Å². The van der Waals surface area contributed by atoms with E-state index in [1.54, 1.807) is 0 Å². The second kappa shape index (κ2) is 8.32. The molecule has 2 aromatic carbocycles. The van der Waals surface area contributed by atoms with Gasteiger partial charge in [-0.15, -0.1) is 0 Å². The molecule has 158 valence electrons. The quantitative estimate of drug-likeness (QED) is 0.339. The summed E-state index contributed by atoms with van der Waals surface area (Å²) >= 11 is 7.09. The summed E-state index contributed by atoms with van der Waals surface area (Å²) in [7, 11) is 0. The minimum atomic E-state index is -0.113. The molecule has 1 aliphatic carbocycles. The van der Waals surface area contributed by atoms with Gasteiger partial charge in [0.1, 0.15) is 11.5 Å². The fourth-order valence-electron chi connectivity index (χ4n) is 4.54. The SMILES string of the molecule is CC(Nc1ccccc1)c1c(C=C2C(=O)Nc3c(Br)cc(Br)cc32)oc2c1CCCC2. The van der Waals surface area contributed by atoms with Crippen molar-refractivity contribution in [2.75, 3.05) is 10.6 Å². The molecule has 6 heteroatoms. The zero-order valence-electron chi connectivity index (χ0n) is 17.1. The lowest BCUT2D eigenvalue weighted by Gasteiger charge is -2.18. The van der Waals surface area contributed by atoms with Gasteiger partial charge in [-0.3, -0.25) is 4.79 Å². The van der Waals surface area contributed by atoms with Crippen LogP contribution in [0.15, 0.2) is 55.8 Å². The molecule has 3 aromatic rings. The molecule has 1 unspecified atom stereocenters. The highest BCUT2D eigenvalue weighted by atomic mass is 79.9. The summed E-state index contributed by atoms with van der Waals surface area (Å²) < 4.78 is 8.13. The monoisotopic (exact) mass is 540 g/mol. The maximum absolute atomic E-state index is 12.8. The predicted octanol–water partition coefficient (Wildman–Crippen LogP) is 7.35. The number of hydrogen-bond acceptors (Lipinski definition) is 3. The van der Waals surface area contributed by atoms with Crippen molar-refractivity contribution in [3.8, 4) is 0 Å². The lowest BCUT2D eigenvalue weighted by atomic mass is 9.91. The van der Waals surface area contributed by atoms with Gasteiger partial charge in [0.05, 0.1) is 17.3 Å². The van der Waals surface area contributed by atoms with E-state index in [1.165, 1.54) is 5.56 Å². The van der Waals surface area contributed by atoms with E-state index in [0.29, 0.717) is 5.57 Å². The Balaban J connectivity index is 1.61. The summed E-state index contributed by atoms with van der Waals surface area (Å²) in [6.07, 6.45) is 6.18. The smallest absolute Gasteiger partial charge is 0.256 e. The number of fused-ring (bicyclic) bond motifs is 2. The molecule has 0 spiro atoms. The van der Waals surface area contributed by atoms with Gasteiger partial charge in [-0.1, -0.05) is 34.1 Å². The van der Waals surface area contributed by atoms with Crippen molar-refractivity contribution < 1.29 is 9.21 Å². The lowest BCUT2D eigenvalue weighted by Crippen LogP contribution is -2.11. The minimum absolute atomic E-state index is 0.0537. The average Bonchev–Trinajstić information content (AvgIpc) is 3.27. The molecular formula is C25H22Br2N2O2. The third-order valence-corrected chi connectivity index (χ3v) is 7.02. The van der Waals surface area contributed by atoms with Gasteiger partial charge in [-0.05, 0) is 78.0 Å². The molecule has 0 saturated heterocycles. The predicted molar refractivity (Wildman–Crippen MR) is 132 cm³/mol. The number of amides is 1. The number of anilines is 2. The van der Waals surface area contributed by atoms with E-state index < -0.39 is 0 Å². The maximum atomic E-state index is 12.8. The van der Waals surface area contributed by atoms with Gasteiger partial charge in [0.25, 0.3) is 5.91 Å². The van der Waals surface area contributed by atoms with Gasteiger partial charge < -0.3 is 15.1 Å². The van der Waals surface area contributed by atoms with Gasteiger partial charge in [0, 0.05) is 32.2 Å². The first-order valence-corrected chi connectivity index (χ1v) is 12.1. The molecule has 2 N–H and O–H groups in total. The van der Waals surface area contributed by atoms with E-state index in [0.717, 1.165) is 68.7 Å². The molecule has 0 fully saturated rings. The van der Waals surface area contributed by atoms with Crippen molar-refractivity contribution in [1.82, 2.24) is 0 Å². The lowest BCUT2D eigenvalue weighted by molar-refractivity contribution is -0.110. The van der Waals surface area contributed by atoms with Crippen molar-refractivity contribution >= 4 is 60.8 Å². The number of carbonyl (C=O) groups excluding carboxylic acids is 1. The van der Waals surface area contributed by atoms with Gasteiger partial charge in [-0.25, -0.2) is 0 Å². The van der Waals surface area contributed by atoms with Crippen LogP contribution in [0.25, 0.3) is 11.6 Å². The standard InChI is InChI=1S/C25H22Br2N2O2/c1-14(28-16-7-3-2-4-8-16)23-17-9-5-6-10-21(17)31-22(23)13-19-18-11-15(26)12-20(27)24(18)29-25(19)30/h2-4,7-8,11-14,28H,5-6,9-10H2,1H3,(H,29,30). The van der Waals surface area contributed by atoms with Crippen LogP contribution < -0.4 is 10.6 Å². The van der Waals surface area contributed by atoms with Crippen LogP contribution in [-0.4, -0.2) is 5.91 Å². The molecule has 0 bridgehead atoms. The summed E-state index contributed by atoms with van der Waals surface area (Å²) in [5.74, 6) is 1.72. The van der Waals surface area contributed by atoms with E-state index in [4.69, 9.17) is 4.42 Å². The number of rotatable bonds is 4. The molecule has 5 rings (SSSR count). The second-order valence-electron chi connectivity index (χ2n) is 8.04. The van der Waals surface area contributed by atoms with Crippen LogP contribution >= 0.6 is 31.9 Å². The second-order valence-corrected chi connectivity index (χ2v) is 9.81. The molecule has 0 radical (unpaired) electrons. The van der Waals surface area contributed by atoms with Crippen LogP contribution in [0.5, 0.6) is 0 Å². The van der Waals surface area contributed by atoms with Crippen molar-refractivity contribution in [2.24, 2.45) is 0 Å². The number of furan rings is 1. The fourth-order valence-corrected chi connectivity index (χ4v) is 5.87. The Kier molecular flexibility index (Phi) is 5.52. The molecule has 0 saturated carbocycles. The summed E-state index contributed by atoms with van der Waals surface area (Å²) in [5.41, 5.74) is 5.81. The Bertz CT molecular complexity index is 1200. The zero-order valence-corrected chi connectivity index (χ0v) is 20.3. The number of nitrogens with one attached hydrogen (secondary N) is 2. The van der Waals surface area contributed by atoms with Crippen LogP contribution in [0.2, 0.25) is 0 Å². The molecule has 31 heavy (non-hydrogen) atoms. The van der Waals surface area contributed by atoms with E-state index in [-0.39, 0.29) is 11.9 Å². The van der Waals surface area contributed by atoms with Gasteiger partial charge in [-0.2, -0.15) is 0 Å². The van der Waals surface area contributed by atoms with Gasteiger partial charge >= 0.3 is 0 Å². The largest absolute Gasteiger partial charge is 0.461 e. The minimum Gasteiger partial charge on any atom is -0.461 e. The first-order valence-electron chi connectivity index (χ1n) is 10.5. The molecule has 1 aliphatic heterocycles. The molecular weight excluding hydrogens is 520 g/mol.